The molecule has 1 N–H and O–H groups in total. The van der Waals surface area contributed by atoms with E-state index in [1.54, 1.807) is 18.2 Å². The van der Waals surface area contributed by atoms with Gasteiger partial charge in [0.05, 0.1) is 11.3 Å². The Morgan fingerprint density at radius 2 is 2.14 bits per heavy atom. The van der Waals surface area contributed by atoms with E-state index in [1.165, 1.54) is 6.42 Å². The number of amides is 1. The highest BCUT2D eigenvalue weighted by Crippen LogP contribution is 2.47. The molecular weight excluding hydrogens is 286 g/mol. The fourth-order valence-corrected chi connectivity index (χ4v) is 2.99. The van der Waals surface area contributed by atoms with Crippen molar-refractivity contribution >= 4 is 34.8 Å². The minimum absolute atomic E-state index is 0.120. The summed E-state index contributed by atoms with van der Waals surface area (Å²) in [7, 11) is 0. The first kappa shape index (κ1) is 12.7. The summed E-state index contributed by atoms with van der Waals surface area (Å²) in [6.45, 7) is 2.22. The third-order valence-corrected chi connectivity index (χ3v) is 4.41. The fourth-order valence-electron chi connectivity index (χ4n) is 2.82. The number of carbonyl (C=O) groups excluding carboxylic acids is 1. The lowest BCUT2D eigenvalue weighted by atomic mass is 10.1. The molecule has 1 aliphatic heterocycles. The van der Waals surface area contributed by atoms with Crippen LogP contribution < -0.4 is 5.32 Å². The first-order chi connectivity index (χ1) is 10.1. The molecule has 1 fully saturated rings. The zero-order chi connectivity index (χ0) is 14.6. The van der Waals surface area contributed by atoms with E-state index in [4.69, 9.17) is 16.0 Å². The van der Waals surface area contributed by atoms with Crippen molar-refractivity contribution in [2.24, 2.45) is 5.92 Å². The van der Waals surface area contributed by atoms with Crippen LogP contribution in [0.3, 0.4) is 0 Å². The van der Waals surface area contributed by atoms with Crippen LogP contribution in [0.4, 0.5) is 5.69 Å². The van der Waals surface area contributed by atoms with Crippen molar-refractivity contribution in [1.82, 2.24) is 0 Å². The second kappa shape index (κ2) is 4.50. The zero-order valence-corrected chi connectivity index (χ0v) is 12.3. The van der Waals surface area contributed by atoms with Gasteiger partial charge in [-0.15, -0.1) is 0 Å². The molecule has 0 spiro atoms. The maximum Gasteiger partial charge on any atom is 0.256 e. The Hall–Kier alpha value is -2.00. The second-order valence-corrected chi connectivity index (χ2v) is 6.20. The number of fused-ring (bicyclic) bond motifs is 1. The van der Waals surface area contributed by atoms with Gasteiger partial charge < -0.3 is 9.73 Å². The number of hydrogen-bond donors (Lipinski definition) is 1. The molecule has 1 aromatic heterocycles. The molecule has 0 saturated heterocycles. The summed E-state index contributed by atoms with van der Waals surface area (Å²) >= 11 is 5.95. The average Bonchev–Trinajstić information content (AvgIpc) is 2.88. The topological polar surface area (TPSA) is 42.2 Å². The molecule has 3 nitrogen and oxygen atoms in total. The smallest absolute Gasteiger partial charge is 0.256 e. The molecular formula is C17H14ClNO2. The van der Waals surface area contributed by atoms with E-state index in [9.17, 15) is 4.79 Å². The molecule has 1 aromatic carbocycles. The average molecular weight is 300 g/mol. The monoisotopic (exact) mass is 299 g/mol. The molecule has 4 rings (SSSR count). The van der Waals surface area contributed by atoms with E-state index in [0.717, 1.165) is 22.8 Å². The first-order valence-electron chi connectivity index (χ1n) is 7.04. The maximum absolute atomic E-state index is 12.1. The molecule has 2 atom stereocenters. The van der Waals surface area contributed by atoms with Crippen LogP contribution in [0.15, 0.2) is 34.7 Å². The highest BCUT2D eigenvalue weighted by atomic mass is 35.5. The van der Waals surface area contributed by atoms with Gasteiger partial charge in [-0.25, -0.2) is 0 Å². The zero-order valence-electron chi connectivity index (χ0n) is 11.5. The number of nitrogens with one attached hydrogen (secondary N) is 1. The van der Waals surface area contributed by atoms with E-state index >= 15 is 0 Å². The van der Waals surface area contributed by atoms with Gasteiger partial charge in [0.25, 0.3) is 5.91 Å². The Morgan fingerprint density at radius 1 is 1.33 bits per heavy atom. The molecule has 1 aliphatic carbocycles. The molecule has 21 heavy (non-hydrogen) atoms. The summed E-state index contributed by atoms with van der Waals surface area (Å²) in [5, 5.41) is 3.43. The summed E-state index contributed by atoms with van der Waals surface area (Å²) in [5.41, 5.74) is 2.23. The van der Waals surface area contributed by atoms with Crippen molar-refractivity contribution in [3.05, 3.63) is 52.4 Å². The Morgan fingerprint density at radius 3 is 2.90 bits per heavy atom. The lowest BCUT2D eigenvalue weighted by Gasteiger charge is -1.98. The van der Waals surface area contributed by atoms with Crippen molar-refractivity contribution in [3.8, 4) is 0 Å². The third-order valence-electron chi connectivity index (χ3n) is 4.17. The fraction of sp³-hybridized carbons (Fsp3) is 0.235. The summed E-state index contributed by atoms with van der Waals surface area (Å²) in [5.74, 6) is 2.86. The van der Waals surface area contributed by atoms with E-state index in [0.29, 0.717) is 22.4 Å². The van der Waals surface area contributed by atoms with Gasteiger partial charge in [-0.2, -0.15) is 0 Å². The largest absolute Gasteiger partial charge is 0.461 e. The molecule has 0 unspecified atom stereocenters. The lowest BCUT2D eigenvalue weighted by Crippen LogP contribution is -2.03. The Balaban J connectivity index is 1.70. The van der Waals surface area contributed by atoms with Gasteiger partial charge in [0.15, 0.2) is 0 Å². The minimum atomic E-state index is -0.120. The van der Waals surface area contributed by atoms with Crippen molar-refractivity contribution in [2.45, 2.75) is 19.3 Å². The quantitative estimate of drug-likeness (QED) is 0.827. The molecule has 1 amide bonds. The van der Waals surface area contributed by atoms with E-state index < -0.39 is 0 Å². The van der Waals surface area contributed by atoms with E-state index in [-0.39, 0.29) is 5.91 Å². The molecule has 1 saturated carbocycles. The van der Waals surface area contributed by atoms with Gasteiger partial charge in [0, 0.05) is 16.5 Å². The number of anilines is 1. The van der Waals surface area contributed by atoms with Crippen molar-refractivity contribution in [1.29, 1.82) is 0 Å². The summed E-state index contributed by atoms with van der Waals surface area (Å²) in [6, 6.07) is 9.34. The molecule has 4 heteroatoms. The second-order valence-electron chi connectivity index (χ2n) is 5.76. The van der Waals surface area contributed by atoms with Crippen LogP contribution in [-0.2, 0) is 4.79 Å². The van der Waals surface area contributed by atoms with Crippen LogP contribution in [0.1, 0.15) is 36.3 Å². The molecule has 0 bridgehead atoms. The van der Waals surface area contributed by atoms with Crippen LogP contribution in [0.5, 0.6) is 0 Å². The van der Waals surface area contributed by atoms with Gasteiger partial charge in [-0.3, -0.25) is 4.79 Å². The van der Waals surface area contributed by atoms with Gasteiger partial charge >= 0.3 is 0 Å². The van der Waals surface area contributed by atoms with Crippen LogP contribution in [0.2, 0.25) is 5.02 Å². The van der Waals surface area contributed by atoms with Crippen molar-refractivity contribution in [3.63, 3.8) is 0 Å². The Bertz CT molecular complexity index is 775. The lowest BCUT2D eigenvalue weighted by molar-refractivity contribution is -0.110. The highest BCUT2D eigenvalue weighted by molar-refractivity contribution is 6.36. The third kappa shape index (κ3) is 2.18. The number of rotatable bonds is 2. The van der Waals surface area contributed by atoms with Gasteiger partial charge in [0.2, 0.25) is 0 Å². The predicted molar refractivity (Wildman–Crippen MR) is 83.2 cm³/mol. The minimum Gasteiger partial charge on any atom is -0.461 e. The number of halogens is 1. The first-order valence-corrected chi connectivity index (χ1v) is 7.42. The van der Waals surface area contributed by atoms with Crippen LogP contribution in [0.25, 0.3) is 11.6 Å². The van der Waals surface area contributed by atoms with Gasteiger partial charge in [-0.05, 0) is 42.7 Å². The van der Waals surface area contributed by atoms with E-state index in [2.05, 4.69) is 12.2 Å². The maximum atomic E-state index is 12.1. The van der Waals surface area contributed by atoms with Crippen molar-refractivity contribution < 1.29 is 9.21 Å². The Labute approximate surface area is 127 Å². The van der Waals surface area contributed by atoms with Crippen LogP contribution in [-0.4, -0.2) is 5.91 Å². The number of benzene rings is 1. The molecule has 2 heterocycles. The summed E-state index contributed by atoms with van der Waals surface area (Å²) < 4.78 is 5.84. The van der Waals surface area contributed by atoms with Gasteiger partial charge in [0.1, 0.15) is 11.5 Å². The number of carbonyl (C=O) groups is 1. The molecule has 2 aliphatic rings. The van der Waals surface area contributed by atoms with Crippen LogP contribution >= 0.6 is 11.6 Å². The number of hydrogen-bond acceptors (Lipinski definition) is 2. The predicted octanol–water partition coefficient (Wildman–Crippen LogP) is 4.55. The Kier molecular flexibility index (Phi) is 2.73. The SMILES string of the molecule is C[C@@H]1C[C@H]1c1ccc(/C=C2\C(=O)Nc3cc(Cl)ccc32)o1. The van der Waals surface area contributed by atoms with Crippen molar-refractivity contribution in [2.75, 3.05) is 5.32 Å². The van der Waals surface area contributed by atoms with Crippen LogP contribution in [0, 0.1) is 5.92 Å². The number of furan rings is 1. The molecule has 106 valence electrons. The molecule has 0 radical (unpaired) electrons. The van der Waals surface area contributed by atoms with Gasteiger partial charge in [-0.1, -0.05) is 24.6 Å². The summed E-state index contributed by atoms with van der Waals surface area (Å²) in [4.78, 5) is 12.1. The summed E-state index contributed by atoms with van der Waals surface area (Å²) in [6.07, 6.45) is 2.98. The standard InChI is InChI=1S/C17H14ClNO2/c1-9-6-13(9)16-5-3-11(21-16)8-14-12-4-2-10(18)7-15(12)19-17(14)20/h2-5,7-9,13H,6H2,1H3,(H,19,20)/b14-8-/t9-,13-/m1/s1. The normalized spacial score (nSPS) is 25.0. The highest BCUT2D eigenvalue weighted by Gasteiger charge is 2.36. The van der Waals surface area contributed by atoms with E-state index in [1.807, 2.05) is 18.2 Å². The molecule has 2 aromatic rings.